The highest BCUT2D eigenvalue weighted by Gasteiger charge is 2.22. The molecule has 6 nitrogen and oxygen atoms in total. The van der Waals surface area contributed by atoms with Gasteiger partial charge in [0.15, 0.2) is 0 Å². The van der Waals surface area contributed by atoms with Gasteiger partial charge in [0.2, 0.25) is 15.9 Å². The van der Waals surface area contributed by atoms with Crippen LogP contribution in [0.25, 0.3) is 0 Å². The van der Waals surface area contributed by atoms with Gasteiger partial charge in [-0.1, -0.05) is 0 Å². The monoisotopic (exact) mass is 235 g/mol. The van der Waals surface area contributed by atoms with E-state index in [2.05, 4.69) is 0 Å². The molecule has 15 heavy (non-hydrogen) atoms. The number of hydrogen-bond donors (Lipinski definition) is 1. The topological polar surface area (TPSA) is 83.7 Å². The second-order valence-corrected chi connectivity index (χ2v) is 5.58. The summed E-state index contributed by atoms with van der Waals surface area (Å²) in [5, 5.41) is 0. The Kier molecular flexibility index (Phi) is 4.06. The van der Waals surface area contributed by atoms with Crippen molar-refractivity contribution in [3.8, 4) is 0 Å². The van der Waals surface area contributed by atoms with Crippen LogP contribution in [0, 0.1) is 0 Å². The molecule has 0 saturated carbocycles. The zero-order valence-corrected chi connectivity index (χ0v) is 9.66. The van der Waals surface area contributed by atoms with Crippen molar-refractivity contribution in [3.05, 3.63) is 0 Å². The van der Waals surface area contributed by atoms with Crippen molar-refractivity contribution in [1.82, 2.24) is 9.21 Å². The van der Waals surface area contributed by atoms with E-state index in [1.165, 1.54) is 10.6 Å². The minimum Gasteiger partial charge on any atom is -0.340 e. The normalized spacial score (nSPS) is 20.0. The smallest absolute Gasteiger partial charge is 0.236 e. The number of amides is 1. The molecular formula is C8H17N3O3S. The van der Waals surface area contributed by atoms with E-state index in [0.717, 1.165) is 0 Å². The molecule has 1 fully saturated rings. The van der Waals surface area contributed by atoms with Crippen molar-refractivity contribution >= 4 is 15.9 Å². The van der Waals surface area contributed by atoms with Crippen LogP contribution < -0.4 is 5.73 Å². The average molecular weight is 235 g/mol. The standard InChI is InChI=1S/C8H17N3O3S/c1-15(13,14)11-4-2-3-10(5-6-11)8(12)7-9/h2-7,9H2,1H3. The van der Waals surface area contributed by atoms with Gasteiger partial charge in [-0.05, 0) is 6.42 Å². The summed E-state index contributed by atoms with van der Waals surface area (Å²) in [5.41, 5.74) is 5.25. The van der Waals surface area contributed by atoms with Gasteiger partial charge in [-0.3, -0.25) is 4.79 Å². The lowest BCUT2D eigenvalue weighted by atomic mass is 10.4. The van der Waals surface area contributed by atoms with E-state index in [-0.39, 0.29) is 12.5 Å². The van der Waals surface area contributed by atoms with Gasteiger partial charge in [-0.25, -0.2) is 12.7 Å². The lowest BCUT2D eigenvalue weighted by molar-refractivity contribution is -0.129. The first-order valence-electron chi connectivity index (χ1n) is 4.88. The molecule has 0 aromatic rings. The highest BCUT2D eigenvalue weighted by atomic mass is 32.2. The lowest BCUT2D eigenvalue weighted by Gasteiger charge is -2.20. The first-order chi connectivity index (χ1) is 6.95. The summed E-state index contributed by atoms with van der Waals surface area (Å²) in [6.45, 7) is 1.85. The third kappa shape index (κ3) is 3.44. The average Bonchev–Trinajstić information content (AvgIpc) is 2.40. The van der Waals surface area contributed by atoms with E-state index in [1.807, 2.05) is 0 Å². The van der Waals surface area contributed by atoms with Gasteiger partial charge in [-0.15, -0.1) is 0 Å². The van der Waals surface area contributed by atoms with Crippen molar-refractivity contribution in [2.75, 3.05) is 39.0 Å². The van der Waals surface area contributed by atoms with Crippen LogP contribution in [0.1, 0.15) is 6.42 Å². The molecule has 0 atom stereocenters. The molecule has 1 rings (SSSR count). The predicted molar refractivity (Wildman–Crippen MR) is 56.7 cm³/mol. The minimum atomic E-state index is -3.14. The van der Waals surface area contributed by atoms with Crippen LogP contribution in [0.3, 0.4) is 0 Å². The second-order valence-electron chi connectivity index (χ2n) is 3.60. The number of carbonyl (C=O) groups is 1. The summed E-state index contributed by atoms with van der Waals surface area (Å²) in [4.78, 5) is 12.9. The first-order valence-corrected chi connectivity index (χ1v) is 6.73. The molecule has 1 aliphatic heterocycles. The Morgan fingerprint density at radius 2 is 1.93 bits per heavy atom. The molecular weight excluding hydrogens is 218 g/mol. The van der Waals surface area contributed by atoms with Crippen LogP contribution in [0.2, 0.25) is 0 Å². The predicted octanol–water partition coefficient (Wildman–Crippen LogP) is -1.56. The molecule has 7 heteroatoms. The second kappa shape index (κ2) is 4.91. The van der Waals surface area contributed by atoms with Crippen LogP contribution in [-0.2, 0) is 14.8 Å². The maximum absolute atomic E-state index is 11.3. The summed E-state index contributed by atoms with van der Waals surface area (Å²) < 4.78 is 24.0. The Morgan fingerprint density at radius 1 is 1.27 bits per heavy atom. The Morgan fingerprint density at radius 3 is 2.47 bits per heavy atom. The molecule has 1 heterocycles. The van der Waals surface area contributed by atoms with Crippen LogP contribution >= 0.6 is 0 Å². The zero-order chi connectivity index (χ0) is 11.5. The summed E-state index contributed by atoms with van der Waals surface area (Å²) >= 11 is 0. The third-order valence-corrected chi connectivity index (χ3v) is 3.75. The van der Waals surface area contributed by atoms with Gasteiger partial charge in [0.05, 0.1) is 12.8 Å². The van der Waals surface area contributed by atoms with E-state index < -0.39 is 10.0 Å². The van der Waals surface area contributed by atoms with Gasteiger partial charge in [0.1, 0.15) is 0 Å². The highest BCUT2D eigenvalue weighted by Crippen LogP contribution is 2.06. The third-order valence-electron chi connectivity index (χ3n) is 2.45. The number of nitrogens with zero attached hydrogens (tertiary/aromatic N) is 2. The molecule has 0 aromatic heterocycles. The van der Waals surface area contributed by atoms with Crippen molar-refractivity contribution in [3.63, 3.8) is 0 Å². The number of nitrogens with two attached hydrogens (primary N) is 1. The SMILES string of the molecule is CS(=O)(=O)N1CCCN(C(=O)CN)CC1. The Balaban J connectivity index is 2.60. The quantitative estimate of drug-likeness (QED) is 0.627. The molecule has 0 radical (unpaired) electrons. The fraction of sp³-hybridized carbons (Fsp3) is 0.875. The first kappa shape index (κ1) is 12.4. The minimum absolute atomic E-state index is 0.0150. The van der Waals surface area contributed by atoms with Gasteiger partial charge in [-0.2, -0.15) is 0 Å². The molecule has 1 aliphatic rings. The highest BCUT2D eigenvalue weighted by molar-refractivity contribution is 7.88. The number of rotatable bonds is 2. The lowest BCUT2D eigenvalue weighted by Crippen LogP contribution is -2.39. The van der Waals surface area contributed by atoms with E-state index >= 15 is 0 Å². The molecule has 0 aromatic carbocycles. The van der Waals surface area contributed by atoms with Crippen LogP contribution in [0.15, 0.2) is 0 Å². The van der Waals surface area contributed by atoms with Crippen molar-refractivity contribution in [1.29, 1.82) is 0 Å². The van der Waals surface area contributed by atoms with Crippen LogP contribution in [0.4, 0.5) is 0 Å². The number of sulfonamides is 1. The van der Waals surface area contributed by atoms with Crippen molar-refractivity contribution in [2.45, 2.75) is 6.42 Å². The Bertz CT molecular complexity index is 328. The molecule has 1 saturated heterocycles. The molecule has 0 aliphatic carbocycles. The molecule has 0 unspecified atom stereocenters. The summed E-state index contributed by atoms with van der Waals surface area (Å²) in [6, 6.07) is 0. The zero-order valence-electron chi connectivity index (χ0n) is 8.85. The number of carbonyl (C=O) groups excluding carboxylic acids is 1. The summed E-state index contributed by atoms with van der Waals surface area (Å²) in [7, 11) is -3.14. The maximum Gasteiger partial charge on any atom is 0.236 e. The molecule has 0 spiro atoms. The maximum atomic E-state index is 11.3. The van der Waals surface area contributed by atoms with E-state index in [9.17, 15) is 13.2 Å². The van der Waals surface area contributed by atoms with Gasteiger partial charge in [0.25, 0.3) is 0 Å². The van der Waals surface area contributed by atoms with Crippen LogP contribution in [0.5, 0.6) is 0 Å². The van der Waals surface area contributed by atoms with Gasteiger partial charge in [0, 0.05) is 26.2 Å². The van der Waals surface area contributed by atoms with Crippen LogP contribution in [-0.4, -0.2) is 62.5 Å². The largest absolute Gasteiger partial charge is 0.340 e. The molecule has 88 valence electrons. The van der Waals surface area contributed by atoms with E-state index in [1.54, 1.807) is 4.90 Å². The fourth-order valence-corrected chi connectivity index (χ4v) is 2.48. The Hall–Kier alpha value is -0.660. The molecule has 1 amide bonds. The summed E-state index contributed by atoms with van der Waals surface area (Å²) in [6.07, 6.45) is 1.85. The van der Waals surface area contributed by atoms with Gasteiger partial charge >= 0.3 is 0 Å². The van der Waals surface area contributed by atoms with Gasteiger partial charge < -0.3 is 10.6 Å². The number of hydrogen-bond acceptors (Lipinski definition) is 4. The van der Waals surface area contributed by atoms with Crippen molar-refractivity contribution in [2.24, 2.45) is 5.73 Å². The molecule has 2 N–H and O–H groups in total. The summed E-state index contributed by atoms with van der Waals surface area (Å²) in [5.74, 6) is -0.120. The van der Waals surface area contributed by atoms with E-state index in [4.69, 9.17) is 5.73 Å². The fourth-order valence-electron chi connectivity index (χ4n) is 1.60. The Labute approximate surface area is 90.1 Å². The molecule has 0 bridgehead atoms. The van der Waals surface area contributed by atoms with Crippen molar-refractivity contribution < 1.29 is 13.2 Å². The van der Waals surface area contributed by atoms with E-state index in [0.29, 0.717) is 32.6 Å².